The number of halogens is 1. The quantitative estimate of drug-likeness (QED) is 0.468. The maximum Gasteiger partial charge on any atom is 0.269 e. The third kappa shape index (κ3) is 4.59. The molecule has 132 valence electrons. The summed E-state index contributed by atoms with van der Waals surface area (Å²) in [6.07, 6.45) is 0. The second-order valence-electron chi connectivity index (χ2n) is 5.32. The molecule has 26 heavy (non-hydrogen) atoms. The first-order valence-corrected chi connectivity index (χ1v) is 8.78. The highest BCUT2D eigenvalue weighted by atomic mass is 35.5. The van der Waals surface area contributed by atoms with Crippen molar-refractivity contribution in [1.82, 2.24) is 0 Å². The van der Waals surface area contributed by atoms with Crippen LogP contribution < -0.4 is 10.1 Å². The van der Waals surface area contributed by atoms with Crippen LogP contribution in [0.25, 0.3) is 0 Å². The van der Waals surface area contributed by atoms with E-state index in [1.807, 2.05) is 5.38 Å². The van der Waals surface area contributed by atoms with Crippen LogP contribution in [0.3, 0.4) is 0 Å². The van der Waals surface area contributed by atoms with Crippen LogP contribution in [-0.4, -0.2) is 10.8 Å². The smallest absolute Gasteiger partial charge is 0.269 e. The maximum atomic E-state index is 12.3. The molecular weight excluding hydrogens is 376 g/mol. The fourth-order valence-electron chi connectivity index (χ4n) is 2.16. The molecule has 0 fully saturated rings. The Morgan fingerprint density at radius 2 is 1.96 bits per heavy atom. The predicted molar refractivity (Wildman–Crippen MR) is 101 cm³/mol. The zero-order chi connectivity index (χ0) is 18.5. The highest BCUT2D eigenvalue weighted by Gasteiger charge is 2.11. The number of rotatable bonds is 6. The van der Waals surface area contributed by atoms with Crippen LogP contribution >= 0.6 is 22.9 Å². The third-order valence-corrected chi connectivity index (χ3v) is 4.63. The van der Waals surface area contributed by atoms with Gasteiger partial charge in [0.05, 0.1) is 9.80 Å². The normalized spacial score (nSPS) is 10.3. The van der Waals surface area contributed by atoms with Gasteiger partial charge in [-0.25, -0.2) is 0 Å². The zero-order valence-corrected chi connectivity index (χ0v) is 14.9. The molecule has 6 nitrogen and oxygen atoms in total. The van der Waals surface area contributed by atoms with Gasteiger partial charge in [-0.15, -0.1) is 11.3 Å². The standard InChI is InChI=1S/C18H13ClN2O4S/c19-13-2-1-3-14(9-13)20-18(22)17-8-12(11-26-17)10-25-16-6-4-15(5-7-16)21(23)24/h1-9,11H,10H2,(H,20,22). The molecule has 2 aromatic carbocycles. The molecule has 0 aliphatic rings. The molecule has 1 aromatic heterocycles. The van der Waals surface area contributed by atoms with Crippen LogP contribution in [-0.2, 0) is 6.61 Å². The largest absolute Gasteiger partial charge is 0.489 e. The van der Waals surface area contributed by atoms with Crippen molar-refractivity contribution in [2.45, 2.75) is 6.61 Å². The van der Waals surface area contributed by atoms with E-state index < -0.39 is 4.92 Å². The SMILES string of the molecule is O=C(Nc1cccc(Cl)c1)c1cc(COc2ccc([N+](=O)[O-])cc2)cs1. The summed E-state index contributed by atoms with van der Waals surface area (Å²) in [5.41, 5.74) is 1.47. The molecule has 0 atom stereocenters. The Kier molecular flexibility index (Phi) is 5.50. The first-order valence-electron chi connectivity index (χ1n) is 7.53. The van der Waals surface area contributed by atoms with Crippen LogP contribution in [0.2, 0.25) is 5.02 Å². The molecule has 1 heterocycles. The van der Waals surface area contributed by atoms with Crippen LogP contribution in [0.1, 0.15) is 15.2 Å². The molecule has 0 aliphatic carbocycles. The Bertz CT molecular complexity index is 940. The second kappa shape index (κ2) is 7.99. The molecule has 0 radical (unpaired) electrons. The number of hydrogen-bond acceptors (Lipinski definition) is 5. The van der Waals surface area contributed by atoms with Gasteiger partial charge in [-0.2, -0.15) is 0 Å². The van der Waals surface area contributed by atoms with Gasteiger partial charge in [-0.3, -0.25) is 14.9 Å². The molecule has 1 amide bonds. The van der Waals surface area contributed by atoms with E-state index in [-0.39, 0.29) is 18.2 Å². The van der Waals surface area contributed by atoms with Crippen molar-refractivity contribution in [2.24, 2.45) is 0 Å². The number of thiophene rings is 1. The fraction of sp³-hybridized carbons (Fsp3) is 0.0556. The van der Waals surface area contributed by atoms with Crippen molar-refractivity contribution < 1.29 is 14.5 Å². The molecular formula is C18H13ClN2O4S. The van der Waals surface area contributed by atoms with Crippen LogP contribution in [0, 0.1) is 10.1 Å². The van der Waals surface area contributed by atoms with Crippen LogP contribution in [0.15, 0.2) is 60.0 Å². The summed E-state index contributed by atoms with van der Waals surface area (Å²) in [7, 11) is 0. The average molecular weight is 389 g/mol. The summed E-state index contributed by atoms with van der Waals surface area (Å²) in [5.74, 6) is 0.297. The Labute approximate surface area is 158 Å². The highest BCUT2D eigenvalue weighted by Crippen LogP contribution is 2.22. The van der Waals surface area contributed by atoms with E-state index in [0.29, 0.717) is 21.3 Å². The summed E-state index contributed by atoms with van der Waals surface area (Å²) in [6.45, 7) is 0.263. The first-order chi connectivity index (χ1) is 12.5. The minimum atomic E-state index is -0.465. The summed E-state index contributed by atoms with van der Waals surface area (Å²) in [5, 5.41) is 15.8. The lowest BCUT2D eigenvalue weighted by atomic mass is 10.3. The van der Waals surface area contributed by atoms with E-state index in [4.69, 9.17) is 16.3 Å². The monoisotopic (exact) mass is 388 g/mol. The van der Waals surface area contributed by atoms with Crippen molar-refractivity contribution in [1.29, 1.82) is 0 Å². The van der Waals surface area contributed by atoms with Gasteiger partial charge in [0.25, 0.3) is 11.6 Å². The topological polar surface area (TPSA) is 81.5 Å². The van der Waals surface area contributed by atoms with E-state index in [2.05, 4.69) is 5.32 Å². The number of nitro groups is 1. The van der Waals surface area contributed by atoms with Crippen molar-refractivity contribution in [3.05, 3.63) is 85.6 Å². The number of hydrogen-bond donors (Lipinski definition) is 1. The van der Waals surface area contributed by atoms with E-state index in [0.717, 1.165) is 5.56 Å². The molecule has 0 spiro atoms. The lowest BCUT2D eigenvalue weighted by molar-refractivity contribution is -0.384. The second-order valence-corrected chi connectivity index (χ2v) is 6.67. The van der Waals surface area contributed by atoms with E-state index in [9.17, 15) is 14.9 Å². The van der Waals surface area contributed by atoms with Crippen LogP contribution in [0.4, 0.5) is 11.4 Å². The number of carbonyl (C=O) groups is 1. The third-order valence-electron chi connectivity index (χ3n) is 3.41. The lowest BCUT2D eigenvalue weighted by Crippen LogP contribution is -2.10. The Balaban J connectivity index is 1.58. The minimum Gasteiger partial charge on any atom is -0.489 e. The van der Waals surface area contributed by atoms with Gasteiger partial charge in [0.2, 0.25) is 0 Å². The Morgan fingerprint density at radius 1 is 1.19 bits per heavy atom. The number of amides is 1. The molecule has 8 heteroatoms. The van der Waals surface area contributed by atoms with Crippen LogP contribution in [0.5, 0.6) is 5.75 Å². The number of ether oxygens (including phenoxy) is 1. The molecule has 0 bridgehead atoms. The van der Waals surface area contributed by atoms with Gasteiger partial charge in [-0.05, 0) is 41.8 Å². The molecule has 0 aliphatic heterocycles. The van der Waals surface area contributed by atoms with Crippen molar-refractivity contribution in [3.63, 3.8) is 0 Å². The van der Waals surface area contributed by atoms with E-state index in [1.165, 1.54) is 35.6 Å². The van der Waals surface area contributed by atoms with Crippen molar-refractivity contribution >= 4 is 40.2 Å². The maximum absolute atomic E-state index is 12.3. The number of anilines is 1. The molecule has 0 saturated heterocycles. The Hall–Kier alpha value is -2.90. The molecule has 0 unspecified atom stereocenters. The molecule has 3 rings (SSSR count). The van der Waals surface area contributed by atoms with Gasteiger partial charge < -0.3 is 10.1 Å². The van der Waals surface area contributed by atoms with Gasteiger partial charge in [0, 0.05) is 28.4 Å². The molecule has 3 aromatic rings. The number of nitro benzene ring substituents is 1. The van der Waals surface area contributed by atoms with Crippen molar-refractivity contribution in [3.8, 4) is 5.75 Å². The van der Waals surface area contributed by atoms with Gasteiger partial charge >= 0.3 is 0 Å². The molecule has 0 saturated carbocycles. The highest BCUT2D eigenvalue weighted by molar-refractivity contribution is 7.12. The summed E-state index contributed by atoms with van der Waals surface area (Å²) in [4.78, 5) is 23.0. The number of nitrogens with one attached hydrogen (secondary N) is 1. The predicted octanol–water partition coefficient (Wildman–Crippen LogP) is 5.14. The number of nitrogens with zero attached hydrogens (tertiary/aromatic N) is 1. The summed E-state index contributed by atoms with van der Waals surface area (Å²) in [6, 6.07) is 14.5. The summed E-state index contributed by atoms with van der Waals surface area (Å²) < 4.78 is 5.59. The number of non-ortho nitro benzene ring substituents is 1. The summed E-state index contributed by atoms with van der Waals surface area (Å²) >= 11 is 7.21. The average Bonchev–Trinajstić information content (AvgIpc) is 3.09. The number of benzene rings is 2. The van der Waals surface area contributed by atoms with Gasteiger partial charge in [0.1, 0.15) is 12.4 Å². The number of carbonyl (C=O) groups excluding carboxylic acids is 1. The van der Waals surface area contributed by atoms with Gasteiger partial charge in [-0.1, -0.05) is 17.7 Å². The first kappa shape index (κ1) is 17.9. The molecule has 1 N–H and O–H groups in total. The van der Waals surface area contributed by atoms with Gasteiger partial charge in [0.15, 0.2) is 0 Å². The van der Waals surface area contributed by atoms with E-state index in [1.54, 1.807) is 30.3 Å². The van der Waals surface area contributed by atoms with Crippen molar-refractivity contribution in [2.75, 3.05) is 5.32 Å². The lowest BCUT2D eigenvalue weighted by Gasteiger charge is -2.04. The van der Waals surface area contributed by atoms with E-state index >= 15 is 0 Å². The zero-order valence-electron chi connectivity index (χ0n) is 13.3. The minimum absolute atomic E-state index is 0.00727. The Morgan fingerprint density at radius 3 is 2.65 bits per heavy atom. The fourth-order valence-corrected chi connectivity index (χ4v) is 3.14.